The van der Waals surface area contributed by atoms with Crippen molar-refractivity contribution in [2.24, 2.45) is 0 Å². The minimum absolute atomic E-state index is 0.276. The molecule has 0 saturated carbocycles. The molecule has 1 fully saturated rings. The van der Waals surface area contributed by atoms with Crippen LogP contribution >= 0.6 is 15.9 Å². The zero-order valence-corrected chi connectivity index (χ0v) is 9.46. The molecule has 0 amide bonds. The summed E-state index contributed by atoms with van der Waals surface area (Å²) < 4.78 is 15.4. The van der Waals surface area contributed by atoms with Crippen molar-refractivity contribution in [2.75, 3.05) is 12.4 Å². The first kappa shape index (κ1) is 10.9. The number of alkyl halides is 1. The molecule has 4 nitrogen and oxygen atoms in total. The fourth-order valence-corrected chi connectivity index (χ4v) is 1.74. The highest BCUT2D eigenvalue weighted by atomic mass is 79.9. The van der Waals surface area contributed by atoms with Gasteiger partial charge in [-0.25, -0.2) is 4.79 Å². The Hall–Kier alpha value is -0.130. The lowest BCUT2D eigenvalue weighted by Gasteiger charge is -2.15. The average molecular weight is 253 g/mol. The number of esters is 1. The molecule has 13 heavy (non-hydrogen) atoms. The van der Waals surface area contributed by atoms with Gasteiger partial charge in [0.2, 0.25) is 0 Å². The van der Waals surface area contributed by atoms with Crippen LogP contribution in [0.25, 0.3) is 0 Å². The van der Waals surface area contributed by atoms with Gasteiger partial charge in [0.25, 0.3) is 0 Å². The molecule has 0 aromatic rings. The molecule has 1 aliphatic rings. The number of halogens is 1. The predicted octanol–water partition coefficient (Wildman–Crippen LogP) is 1.07. The van der Waals surface area contributed by atoms with Gasteiger partial charge in [-0.3, -0.25) is 0 Å². The SMILES string of the molecule is COC(=O)[C@@H]1OC(C)(C)O[C@H]1CBr. The van der Waals surface area contributed by atoms with E-state index < -0.39 is 17.9 Å². The summed E-state index contributed by atoms with van der Waals surface area (Å²) in [6.45, 7) is 3.54. The second-order valence-corrected chi connectivity index (χ2v) is 3.92. The van der Waals surface area contributed by atoms with E-state index in [0.29, 0.717) is 5.33 Å². The normalized spacial score (nSPS) is 31.7. The summed E-state index contributed by atoms with van der Waals surface area (Å²) in [4.78, 5) is 11.2. The van der Waals surface area contributed by atoms with Crippen molar-refractivity contribution in [3.8, 4) is 0 Å². The molecule has 0 N–H and O–H groups in total. The van der Waals surface area contributed by atoms with Crippen LogP contribution in [-0.4, -0.2) is 36.4 Å². The van der Waals surface area contributed by atoms with Crippen LogP contribution in [0.1, 0.15) is 13.8 Å². The third kappa shape index (κ3) is 2.42. The van der Waals surface area contributed by atoms with Crippen molar-refractivity contribution >= 4 is 21.9 Å². The number of hydrogen-bond donors (Lipinski definition) is 0. The Morgan fingerprint density at radius 3 is 2.62 bits per heavy atom. The fourth-order valence-electron chi connectivity index (χ4n) is 1.26. The maximum absolute atomic E-state index is 11.2. The molecular formula is C8H13BrO4. The molecular weight excluding hydrogens is 240 g/mol. The number of carbonyl (C=O) groups excluding carboxylic acids is 1. The first-order valence-corrected chi connectivity index (χ1v) is 5.12. The van der Waals surface area contributed by atoms with Gasteiger partial charge in [-0.15, -0.1) is 0 Å². The number of carbonyl (C=O) groups is 1. The summed E-state index contributed by atoms with van der Waals surface area (Å²) >= 11 is 3.25. The fraction of sp³-hybridized carbons (Fsp3) is 0.875. The Morgan fingerprint density at radius 2 is 2.15 bits per heavy atom. The first-order chi connectivity index (χ1) is 6.00. The van der Waals surface area contributed by atoms with E-state index in [-0.39, 0.29) is 6.10 Å². The number of methoxy groups -OCH3 is 1. The Bertz CT molecular complexity index is 204. The van der Waals surface area contributed by atoms with Gasteiger partial charge in [-0.2, -0.15) is 0 Å². The molecule has 1 rings (SSSR count). The van der Waals surface area contributed by atoms with Crippen LogP contribution in [0.2, 0.25) is 0 Å². The summed E-state index contributed by atoms with van der Waals surface area (Å²) in [6.07, 6.45) is -0.901. The van der Waals surface area contributed by atoms with E-state index >= 15 is 0 Å². The largest absolute Gasteiger partial charge is 0.467 e. The molecule has 5 heteroatoms. The summed E-state index contributed by atoms with van der Waals surface area (Å²) in [6, 6.07) is 0. The second kappa shape index (κ2) is 3.94. The van der Waals surface area contributed by atoms with E-state index in [0.717, 1.165) is 0 Å². The van der Waals surface area contributed by atoms with Gasteiger partial charge in [0, 0.05) is 5.33 Å². The van der Waals surface area contributed by atoms with Crippen LogP contribution in [0.5, 0.6) is 0 Å². The van der Waals surface area contributed by atoms with E-state index in [1.54, 1.807) is 13.8 Å². The van der Waals surface area contributed by atoms with Crippen LogP contribution in [0, 0.1) is 0 Å². The molecule has 0 aliphatic carbocycles. The quantitative estimate of drug-likeness (QED) is 0.545. The van der Waals surface area contributed by atoms with E-state index in [1.807, 2.05) is 0 Å². The molecule has 1 aliphatic heterocycles. The molecule has 0 aromatic heterocycles. The molecule has 0 spiro atoms. The average Bonchev–Trinajstić information content (AvgIpc) is 2.39. The van der Waals surface area contributed by atoms with Crippen molar-refractivity contribution < 1.29 is 19.0 Å². The Balaban J connectivity index is 2.69. The van der Waals surface area contributed by atoms with Gasteiger partial charge < -0.3 is 14.2 Å². The zero-order chi connectivity index (χ0) is 10.1. The zero-order valence-electron chi connectivity index (χ0n) is 7.87. The maximum Gasteiger partial charge on any atom is 0.337 e. The minimum Gasteiger partial charge on any atom is -0.467 e. The van der Waals surface area contributed by atoms with Crippen LogP contribution in [0.3, 0.4) is 0 Å². The van der Waals surface area contributed by atoms with Crippen molar-refractivity contribution in [1.29, 1.82) is 0 Å². The smallest absolute Gasteiger partial charge is 0.337 e. The number of hydrogen-bond acceptors (Lipinski definition) is 4. The maximum atomic E-state index is 11.2. The summed E-state index contributed by atoms with van der Waals surface area (Å²) in [5.74, 6) is -1.10. The van der Waals surface area contributed by atoms with Crippen LogP contribution < -0.4 is 0 Å². The molecule has 0 bridgehead atoms. The van der Waals surface area contributed by atoms with Gasteiger partial charge in [0.15, 0.2) is 11.9 Å². The minimum atomic E-state index is -0.711. The topological polar surface area (TPSA) is 44.8 Å². The van der Waals surface area contributed by atoms with Crippen molar-refractivity contribution in [3.05, 3.63) is 0 Å². The number of rotatable bonds is 2. The van der Waals surface area contributed by atoms with E-state index in [2.05, 4.69) is 20.7 Å². The van der Waals surface area contributed by atoms with Gasteiger partial charge >= 0.3 is 5.97 Å². The van der Waals surface area contributed by atoms with Gasteiger partial charge in [-0.1, -0.05) is 15.9 Å². The molecule has 1 saturated heterocycles. The lowest BCUT2D eigenvalue weighted by molar-refractivity contribution is -0.168. The first-order valence-electron chi connectivity index (χ1n) is 3.99. The van der Waals surface area contributed by atoms with Crippen LogP contribution in [0.4, 0.5) is 0 Å². The van der Waals surface area contributed by atoms with Crippen LogP contribution in [-0.2, 0) is 19.0 Å². The summed E-state index contributed by atoms with van der Waals surface area (Å²) in [5, 5.41) is 0.552. The Labute approximate surface area is 85.7 Å². The molecule has 0 aromatic carbocycles. The summed E-state index contributed by atoms with van der Waals surface area (Å²) in [5.41, 5.74) is 0. The summed E-state index contributed by atoms with van der Waals surface area (Å²) in [7, 11) is 1.34. The molecule has 76 valence electrons. The van der Waals surface area contributed by atoms with E-state index in [9.17, 15) is 4.79 Å². The molecule has 0 unspecified atom stereocenters. The monoisotopic (exact) mass is 252 g/mol. The Kier molecular flexibility index (Phi) is 3.32. The van der Waals surface area contributed by atoms with Crippen molar-refractivity contribution in [2.45, 2.75) is 31.8 Å². The second-order valence-electron chi connectivity index (χ2n) is 3.27. The third-order valence-electron chi connectivity index (χ3n) is 1.77. The molecule has 1 heterocycles. The van der Waals surface area contributed by atoms with Crippen molar-refractivity contribution in [3.63, 3.8) is 0 Å². The van der Waals surface area contributed by atoms with Gasteiger partial charge in [0.05, 0.1) is 7.11 Å². The Morgan fingerprint density at radius 1 is 1.54 bits per heavy atom. The highest BCUT2D eigenvalue weighted by Crippen LogP contribution is 2.29. The lowest BCUT2D eigenvalue weighted by Crippen LogP contribution is -2.33. The third-order valence-corrected chi connectivity index (χ3v) is 2.41. The highest BCUT2D eigenvalue weighted by Gasteiger charge is 2.45. The highest BCUT2D eigenvalue weighted by molar-refractivity contribution is 9.09. The lowest BCUT2D eigenvalue weighted by atomic mass is 10.2. The van der Waals surface area contributed by atoms with Gasteiger partial charge in [0.1, 0.15) is 6.10 Å². The van der Waals surface area contributed by atoms with Crippen LogP contribution in [0.15, 0.2) is 0 Å². The molecule has 2 atom stereocenters. The molecule has 0 radical (unpaired) electrons. The van der Waals surface area contributed by atoms with E-state index in [4.69, 9.17) is 9.47 Å². The predicted molar refractivity (Wildman–Crippen MR) is 49.6 cm³/mol. The van der Waals surface area contributed by atoms with Gasteiger partial charge in [-0.05, 0) is 13.8 Å². The van der Waals surface area contributed by atoms with Crippen molar-refractivity contribution in [1.82, 2.24) is 0 Å². The van der Waals surface area contributed by atoms with E-state index in [1.165, 1.54) is 7.11 Å². The standard InChI is InChI=1S/C8H13BrO4/c1-8(2)12-5(4-9)6(13-8)7(10)11-3/h5-6H,4H2,1-3H3/t5-,6+/m0/s1. The number of ether oxygens (including phenoxy) is 3.